The Kier molecular flexibility index (Phi) is 5.67. The lowest BCUT2D eigenvalue weighted by Crippen LogP contribution is -2.31. The van der Waals surface area contributed by atoms with Crippen LogP contribution in [0, 0.1) is 13.8 Å². The molecule has 0 fully saturated rings. The van der Waals surface area contributed by atoms with Crippen molar-refractivity contribution in [3.8, 4) is 5.75 Å². The molecule has 0 radical (unpaired) electrons. The number of carbonyl (C=O) groups is 1. The van der Waals surface area contributed by atoms with Crippen LogP contribution in [0.4, 0.5) is 19.3 Å². The van der Waals surface area contributed by atoms with Crippen molar-refractivity contribution in [3.05, 3.63) is 35.5 Å². The zero-order chi connectivity index (χ0) is 17.7. The second kappa shape index (κ2) is 7.71. The van der Waals surface area contributed by atoms with Gasteiger partial charge >= 0.3 is 6.03 Å². The predicted octanol–water partition coefficient (Wildman–Crippen LogP) is 2.99. The smallest absolute Gasteiger partial charge is 0.321 e. The Hall–Kier alpha value is -2.71. The average Bonchev–Trinajstić information content (AvgIpc) is 2.92. The maximum atomic E-state index is 12.3. The van der Waals surface area contributed by atoms with Crippen molar-refractivity contribution in [1.29, 1.82) is 0 Å². The number of nitrogens with zero attached hydrogens (tertiary/aromatic N) is 3. The topological polar surface area (TPSA) is 80.5 Å². The molecule has 130 valence electrons. The number of urea groups is 1. The molecule has 0 atom stereocenters. The van der Waals surface area contributed by atoms with Gasteiger partial charge in [-0.1, -0.05) is 11.2 Å². The highest BCUT2D eigenvalue weighted by Crippen LogP contribution is 2.23. The van der Waals surface area contributed by atoms with Crippen LogP contribution in [-0.2, 0) is 6.54 Å². The third kappa shape index (κ3) is 4.90. The number of nitrogens with one attached hydrogen (secondary N) is 1. The minimum absolute atomic E-state index is 0.170. The summed E-state index contributed by atoms with van der Waals surface area (Å²) in [7, 11) is 1.57. The number of rotatable bonds is 6. The molecule has 1 aromatic carbocycles. The molecule has 2 rings (SSSR count). The van der Waals surface area contributed by atoms with Crippen molar-refractivity contribution in [2.45, 2.75) is 26.8 Å². The van der Waals surface area contributed by atoms with E-state index in [1.54, 1.807) is 33.0 Å². The van der Waals surface area contributed by atoms with Gasteiger partial charge in [-0.05, 0) is 18.6 Å². The van der Waals surface area contributed by atoms with Crippen molar-refractivity contribution in [2.75, 3.05) is 19.0 Å². The molecule has 2 aromatic rings. The Balaban J connectivity index is 1.98. The summed E-state index contributed by atoms with van der Waals surface area (Å²) in [5.41, 5.74) is 1.13. The molecular weight excluding hydrogens is 322 g/mol. The summed E-state index contributed by atoms with van der Waals surface area (Å²) >= 11 is 0. The van der Waals surface area contributed by atoms with E-state index in [4.69, 9.17) is 9.26 Å². The molecule has 1 heterocycles. The minimum atomic E-state index is -2.56. The molecule has 9 heteroatoms. The van der Waals surface area contributed by atoms with Crippen LogP contribution in [0.15, 0.2) is 22.7 Å². The summed E-state index contributed by atoms with van der Waals surface area (Å²) in [6.45, 7) is 2.86. The molecule has 1 N–H and O–H groups in total. The first-order valence-corrected chi connectivity index (χ1v) is 7.18. The van der Waals surface area contributed by atoms with Crippen LogP contribution in [0.1, 0.15) is 17.3 Å². The lowest BCUT2D eigenvalue weighted by molar-refractivity contribution is 0.0816. The van der Waals surface area contributed by atoms with Crippen LogP contribution in [0.5, 0.6) is 5.75 Å². The number of amides is 2. The molecule has 7 nitrogen and oxygen atoms in total. The molecule has 0 aliphatic rings. The molecule has 0 bridgehead atoms. The highest BCUT2D eigenvalue weighted by Gasteiger charge is 2.14. The van der Waals surface area contributed by atoms with Gasteiger partial charge in [0, 0.05) is 25.7 Å². The fourth-order valence-corrected chi connectivity index (χ4v) is 1.89. The molecule has 0 aliphatic carbocycles. The average molecular weight is 340 g/mol. The molecule has 0 unspecified atom stereocenters. The monoisotopic (exact) mass is 340 g/mol. The summed E-state index contributed by atoms with van der Waals surface area (Å²) in [4.78, 5) is 17.5. The van der Waals surface area contributed by atoms with E-state index in [9.17, 15) is 13.6 Å². The number of anilines is 1. The molecule has 2 amide bonds. The third-order valence-corrected chi connectivity index (χ3v) is 3.10. The van der Waals surface area contributed by atoms with Crippen molar-refractivity contribution < 1.29 is 22.8 Å². The first-order chi connectivity index (χ1) is 11.3. The Bertz CT molecular complexity index is 706. The van der Waals surface area contributed by atoms with Gasteiger partial charge in [-0.3, -0.25) is 0 Å². The Morgan fingerprint density at radius 2 is 2.17 bits per heavy atom. The minimum Gasteiger partial charge on any atom is -0.487 e. The second-order valence-corrected chi connectivity index (χ2v) is 5.20. The van der Waals surface area contributed by atoms with E-state index in [0.717, 1.165) is 0 Å². The highest BCUT2D eigenvalue weighted by atomic mass is 19.3. The summed E-state index contributed by atoms with van der Waals surface area (Å²) < 4.78 is 34.4. The second-order valence-electron chi connectivity index (χ2n) is 5.20. The highest BCUT2D eigenvalue weighted by molar-refractivity contribution is 5.89. The maximum absolute atomic E-state index is 12.3. The Morgan fingerprint density at radius 1 is 1.42 bits per heavy atom. The number of carbonyl (C=O) groups excluding carboxylic acids is 1. The number of aryl methyl sites for hydroxylation is 2. The summed E-state index contributed by atoms with van der Waals surface area (Å²) in [6, 6.07) is 4.44. The van der Waals surface area contributed by atoms with Crippen molar-refractivity contribution >= 4 is 11.7 Å². The van der Waals surface area contributed by atoms with Gasteiger partial charge in [0.15, 0.2) is 5.82 Å². The quantitative estimate of drug-likeness (QED) is 0.874. The van der Waals surface area contributed by atoms with Crippen LogP contribution in [0.2, 0.25) is 0 Å². The van der Waals surface area contributed by atoms with E-state index in [0.29, 0.717) is 28.7 Å². The van der Waals surface area contributed by atoms with Crippen LogP contribution in [0.25, 0.3) is 0 Å². The molecule has 0 spiro atoms. The van der Waals surface area contributed by atoms with Crippen molar-refractivity contribution in [2.24, 2.45) is 0 Å². The van der Waals surface area contributed by atoms with E-state index in [1.807, 2.05) is 0 Å². The summed E-state index contributed by atoms with van der Waals surface area (Å²) in [5, 5.41) is 6.37. The molecule has 24 heavy (non-hydrogen) atoms. The first-order valence-electron chi connectivity index (χ1n) is 7.18. The van der Waals surface area contributed by atoms with Gasteiger partial charge in [0.2, 0.25) is 5.89 Å². The normalized spacial score (nSPS) is 10.8. The molecule has 0 saturated carbocycles. The van der Waals surface area contributed by atoms with E-state index < -0.39 is 19.1 Å². The number of ether oxygens (including phenoxy) is 1. The number of hydrogen-bond acceptors (Lipinski definition) is 5. The zero-order valence-corrected chi connectivity index (χ0v) is 13.5. The maximum Gasteiger partial charge on any atom is 0.321 e. The fourth-order valence-electron chi connectivity index (χ4n) is 1.89. The zero-order valence-electron chi connectivity index (χ0n) is 13.5. The van der Waals surface area contributed by atoms with Crippen LogP contribution >= 0.6 is 0 Å². The molecule has 0 saturated heterocycles. The fraction of sp³-hybridized carbons (Fsp3) is 0.400. The molecular formula is C15H18F2N4O3. The van der Waals surface area contributed by atoms with Gasteiger partial charge in [-0.15, -0.1) is 0 Å². The lowest BCUT2D eigenvalue weighted by Gasteiger charge is -2.17. The molecule has 1 aromatic heterocycles. The van der Waals surface area contributed by atoms with Gasteiger partial charge in [0.25, 0.3) is 6.43 Å². The Labute approximate surface area is 137 Å². The number of benzene rings is 1. The van der Waals surface area contributed by atoms with E-state index in [-0.39, 0.29) is 6.54 Å². The van der Waals surface area contributed by atoms with Gasteiger partial charge in [-0.2, -0.15) is 4.98 Å². The lowest BCUT2D eigenvalue weighted by atomic mass is 10.2. The van der Waals surface area contributed by atoms with Gasteiger partial charge in [0.1, 0.15) is 12.4 Å². The first kappa shape index (κ1) is 17.6. The largest absolute Gasteiger partial charge is 0.487 e. The van der Waals surface area contributed by atoms with Gasteiger partial charge < -0.3 is 19.5 Å². The predicted molar refractivity (Wildman–Crippen MR) is 82.2 cm³/mol. The van der Waals surface area contributed by atoms with Gasteiger partial charge in [0.05, 0.1) is 6.54 Å². The summed E-state index contributed by atoms with van der Waals surface area (Å²) in [5.74, 6) is 1.10. The SMILES string of the molecule is Cc1nc(CN(C)C(=O)Nc2ccc(C)c(OCC(F)F)c2)no1. The standard InChI is InChI=1S/C15H18F2N4O3/c1-9-4-5-11(6-12(9)23-8-13(16)17)19-15(22)21(3)7-14-18-10(2)24-20-14/h4-6,13H,7-8H2,1-3H3,(H,19,22). The van der Waals surface area contributed by atoms with E-state index >= 15 is 0 Å². The van der Waals surface area contributed by atoms with Crippen LogP contribution < -0.4 is 10.1 Å². The third-order valence-electron chi connectivity index (χ3n) is 3.10. The van der Waals surface area contributed by atoms with E-state index in [2.05, 4.69) is 15.5 Å². The van der Waals surface area contributed by atoms with Gasteiger partial charge in [-0.25, -0.2) is 13.6 Å². The van der Waals surface area contributed by atoms with E-state index in [1.165, 1.54) is 11.0 Å². The summed E-state index contributed by atoms with van der Waals surface area (Å²) in [6.07, 6.45) is -2.56. The van der Waals surface area contributed by atoms with Crippen molar-refractivity contribution in [3.63, 3.8) is 0 Å². The Morgan fingerprint density at radius 3 is 2.79 bits per heavy atom. The van der Waals surface area contributed by atoms with Crippen molar-refractivity contribution in [1.82, 2.24) is 15.0 Å². The van der Waals surface area contributed by atoms with Crippen LogP contribution in [0.3, 0.4) is 0 Å². The number of aromatic nitrogens is 2. The van der Waals surface area contributed by atoms with Crippen LogP contribution in [-0.4, -0.2) is 41.2 Å². The number of alkyl halides is 2. The number of halogens is 2. The molecule has 0 aliphatic heterocycles. The number of hydrogen-bond donors (Lipinski definition) is 1.